The zero-order valence-corrected chi connectivity index (χ0v) is 23.0. The Balaban J connectivity index is 1.45. The first-order valence-electron chi connectivity index (χ1n) is 13.2. The SMILES string of the molecule is CCOc1cc2nc(-c3nnc4ccc([C@@H](N5CC[C@H](NC(=O)OC(C)(C)C)C5)C(F)(F)F)cn34)ccc2cc1F. The molecule has 0 spiro atoms. The second-order valence-corrected chi connectivity index (χ2v) is 10.9. The maximum atomic E-state index is 14.5. The molecular formula is C28H30F4N6O3. The summed E-state index contributed by atoms with van der Waals surface area (Å²) in [6.07, 6.45) is -3.55. The molecule has 4 aromatic rings. The minimum Gasteiger partial charge on any atom is -0.491 e. The van der Waals surface area contributed by atoms with Crippen molar-refractivity contribution < 1.29 is 31.8 Å². The van der Waals surface area contributed by atoms with Gasteiger partial charge in [0, 0.05) is 36.8 Å². The van der Waals surface area contributed by atoms with Crippen LogP contribution in [0.3, 0.4) is 0 Å². The summed E-state index contributed by atoms with van der Waals surface area (Å²) in [5.41, 5.74) is 0.401. The van der Waals surface area contributed by atoms with Crippen LogP contribution in [0.15, 0.2) is 42.6 Å². The van der Waals surface area contributed by atoms with Gasteiger partial charge in [-0.25, -0.2) is 14.2 Å². The standard InChI is InChI=1S/C28H30F4N6O3/c1-5-40-22-13-21-16(12-19(22)29)6-8-20(34-21)25-36-35-23-9-7-17(14-38(23)25)24(28(30,31)32)37-11-10-18(15-37)33-26(39)41-27(2,3)4/h6-9,12-14,18,24H,5,10-11,15H2,1-4H3,(H,33,39)/t18-,24+/m0/s1. The number of nitrogens with zero attached hydrogens (tertiary/aromatic N) is 5. The number of rotatable bonds is 6. The monoisotopic (exact) mass is 574 g/mol. The van der Waals surface area contributed by atoms with E-state index in [1.165, 1.54) is 39.8 Å². The lowest BCUT2D eigenvalue weighted by atomic mass is 10.1. The van der Waals surface area contributed by atoms with Crippen molar-refractivity contribution in [2.24, 2.45) is 0 Å². The molecular weight excluding hydrogens is 544 g/mol. The Kier molecular flexibility index (Phi) is 7.49. The van der Waals surface area contributed by atoms with Crippen molar-refractivity contribution in [2.75, 3.05) is 19.7 Å². The van der Waals surface area contributed by atoms with Crippen LogP contribution < -0.4 is 10.1 Å². The number of benzene rings is 1. The average Bonchev–Trinajstić information content (AvgIpc) is 3.49. The van der Waals surface area contributed by atoms with E-state index >= 15 is 0 Å². The molecule has 1 amide bonds. The Bertz CT molecular complexity index is 1580. The predicted molar refractivity (Wildman–Crippen MR) is 143 cm³/mol. The Morgan fingerprint density at radius 2 is 1.93 bits per heavy atom. The highest BCUT2D eigenvalue weighted by Gasteiger charge is 2.47. The molecule has 0 saturated carbocycles. The molecule has 0 radical (unpaired) electrons. The fourth-order valence-electron chi connectivity index (χ4n) is 4.98. The number of hydrogen-bond acceptors (Lipinski definition) is 7. The van der Waals surface area contributed by atoms with E-state index in [0.717, 1.165) is 0 Å². The van der Waals surface area contributed by atoms with Gasteiger partial charge < -0.3 is 14.8 Å². The number of fused-ring (bicyclic) bond motifs is 2. The van der Waals surface area contributed by atoms with Gasteiger partial charge in [0.15, 0.2) is 23.0 Å². The molecule has 41 heavy (non-hydrogen) atoms. The zero-order valence-electron chi connectivity index (χ0n) is 23.0. The van der Waals surface area contributed by atoms with E-state index in [4.69, 9.17) is 9.47 Å². The first kappa shape index (κ1) is 28.5. The van der Waals surface area contributed by atoms with Crippen LogP contribution in [0.4, 0.5) is 22.4 Å². The number of alkyl halides is 3. The Hall–Kier alpha value is -4.00. The van der Waals surface area contributed by atoms with Crippen molar-refractivity contribution in [1.82, 2.24) is 29.8 Å². The summed E-state index contributed by atoms with van der Waals surface area (Å²) >= 11 is 0. The van der Waals surface area contributed by atoms with Crippen molar-refractivity contribution in [3.05, 3.63) is 54.0 Å². The number of aromatic nitrogens is 4. The van der Waals surface area contributed by atoms with Crippen LogP contribution in [0, 0.1) is 5.82 Å². The summed E-state index contributed by atoms with van der Waals surface area (Å²) in [5, 5.41) is 11.5. The molecule has 9 nitrogen and oxygen atoms in total. The van der Waals surface area contributed by atoms with E-state index in [2.05, 4.69) is 20.5 Å². The summed E-state index contributed by atoms with van der Waals surface area (Å²) < 4.78 is 69.8. The topological polar surface area (TPSA) is 93.9 Å². The lowest BCUT2D eigenvalue weighted by molar-refractivity contribution is -0.184. The molecule has 0 bridgehead atoms. The number of nitrogens with one attached hydrogen (secondary N) is 1. The number of carbonyl (C=O) groups is 1. The van der Waals surface area contributed by atoms with Crippen molar-refractivity contribution in [2.45, 2.75) is 58.0 Å². The van der Waals surface area contributed by atoms with Crippen molar-refractivity contribution in [3.63, 3.8) is 0 Å². The lowest BCUT2D eigenvalue weighted by Crippen LogP contribution is -2.42. The number of hydrogen-bond donors (Lipinski definition) is 1. The molecule has 3 aromatic heterocycles. The molecule has 218 valence electrons. The van der Waals surface area contributed by atoms with Gasteiger partial charge in [-0.15, -0.1) is 10.2 Å². The van der Waals surface area contributed by atoms with Crippen molar-refractivity contribution >= 4 is 22.6 Å². The molecule has 0 unspecified atom stereocenters. The van der Waals surface area contributed by atoms with Crippen LogP contribution in [-0.4, -0.2) is 68.1 Å². The molecule has 13 heteroatoms. The van der Waals surface area contributed by atoms with Crippen LogP contribution in [0.5, 0.6) is 5.75 Å². The van der Waals surface area contributed by atoms with Crippen LogP contribution in [-0.2, 0) is 4.74 Å². The Morgan fingerprint density at radius 1 is 1.15 bits per heavy atom. The maximum absolute atomic E-state index is 14.5. The van der Waals surface area contributed by atoms with Crippen LogP contribution in [0.2, 0.25) is 0 Å². The number of pyridine rings is 2. The first-order valence-corrected chi connectivity index (χ1v) is 13.2. The lowest BCUT2D eigenvalue weighted by Gasteiger charge is -2.30. The highest BCUT2D eigenvalue weighted by molar-refractivity contribution is 5.82. The molecule has 1 aromatic carbocycles. The van der Waals surface area contributed by atoms with Gasteiger partial charge in [0.2, 0.25) is 0 Å². The van der Waals surface area contributed by atoms with E-state index in [9.17, 15) is 22.4 Å². The predicted octanol–water partition coefficient (Wildman–Crippen LogP) is 5.68. The molecule has 1 saturated heterocycles. The van der Waals surface area contributed by atoms with Crippen LogP contribution in [0.1, 0.15) is 45.7 Å². The van der Waals surface area contributed by atoms with Gasteiger partial charge in [-0.3, -0.25) is 9.30 Å². The molecule has 4 heterocycles. The Morgan fingerprint density at radius 3 is 2.63 bits per heavy atom. The van der Waals surface area contributed by atoms with Gasteiger partial charge in [0.05, 0.1) is 12.1 Å². The fraction of sp³-hybridized carbons (Fsp3) is 0.429. The number of halogens is 4. The van der Waals surface area contributed by atoms with E-state index < -0.39 is 35.8 Å². The molecule has 1 N–H and O–H groups in total. The molecule has 5 rings (SSSR count). The number of alkyl carbamates (subject to hydrolysis) is 1. The van der Waals surface area contributed by atoms with Crippen molar-refractivity contribution in [3.8, 4) is 17.3 Å². The number of amides is 1. The van der Waals surface area contributed by atoms with Crippen molar-refractivity contribution in [1.29, 1.82) is 0 Å². The summed E-state index contributed by atoms with van der Waals surface area (Å²) in [4.78, 5) is 18.0. The largest absolute Gasteiger partial charge is 0.491 e. The van der Waals surface area contributed by atoms with E-state index in [0.29, 0.717) is 28.7 Å². The normalized spacial score (nSPS) is 17.2. The van der Waals surface area contributed by atoms with Gasteiger partial charge >= 0.3 is 12.3 Å². The molecule has 1 fully saturated rings. The third-order valence-corrected chi connectivity index (χ3v) is 6.63. The van der Waals surface area contributed by atoms with Gasteiger partial charge in [-0.05, 0) is 57.9 Å². The molecule has 1 aliphatic heterocycles. The molecule has 0 aliphatic carbocycles. The van der Waals surface area contributed by atoms with E-state index in [1.54, 1.807) is 39.8 Å². The van der Waals surface area contributed by atoms with Gasteiger partial charge in [-0.1, -0.05) is 12.1 Å². The molecule has 1 aliphatic rings. The summed E-state index contributed by atoms with van der Waals surface area (Å²) in [6, 6.07) is 6.49. The highest BCUT2D eigenvalue weighted by atomic mass is 19.4. The zero-order chi connectivity index (χ0) is 29.5. The van der Waals surface area contributed by atoms with Gasteiger partial charge in [0.1, 0.15) is 17.3 Å². The smallest absolute Gasteiger partial charge is 0.408 e. The number of ether oxygens (including phenoxy) is 2. The fourth-order valence-corrected chi connectivity index (χ4v) is 4.98. The van der Waals surface area contributed by atoms with E-state index in [-0.39, 0.29) is 36.8 Å². The average molecular weight is 575 g/mol. The summed E-state index contributed by atoms with van der Waals surface area (Å²) in [7, 11) is 0. The number of likely N-dealkylation sites (tertiary alicyclic amines) is 1. The quantitative estimate of drug-likeness (QED) is 0.296. The van der Waals surface area contributed by atoms with Gasteiger partial charge in [0.25, 0.3) is 0 Å². The minimum absolute atomic E-state index is 0.00143. The third kappa shape index (κ3) is 6.19. The number of carbonyl (C=O) groups excluding carboxylic acids is 1. The maximum Gasteiger partial charge on any atom is 0.408 e. The second-order valence-electron chi connectivity index (χ2n) is 10.9. The summed E-state index contributed by atoms with van der Waals surface area (Å²) in [6.45, 7) is 7.29. The molecule has 2 atom stereocenters. The first-order chi connectivity index (χ1) is 19.3. The summed E-state index contributed by atoms with van der Waals surface area (Å²) in [5.74, 6) is -0.232. The second kappa shape index (κ2) is 10.8. The minimum atomic E-state index is -4.59. The van der Waals surface area contributed by atoms with Crippen LogP contribution in [0.25, 0.3) is 28.1 Å². The highest BCUT2D eigenvalue weighted by Crippen LogP contribution is 2.40. The Labute approximate surface area is 233 Å². The third-order valence-electron chi connectivity index (χ3n) is 6.63. The van der Waals surface area contributed by atoms with Gasteiger partial charge in [-0.2, -0.15) is 13.2 Å². The van der Waals surface area contributed by atoms with Crippen LogP contribution >= 0.6 is 0 Å². The van der Waals surface area contributed by atoms with E-state index in [1.807, 2.05) is 0 Å².